The van der Waals surface area contributed by atoms with E-state index in [0.717, 1.165) is 4.68 Å². The first kappa shape index (κ1) is 9.82. The lowest BCUT2D eigenvalue weighted by Gasteiger charge is -2.04. The Kier molecular flexibility index (Phi) is 2.06. The molecule has 0 aromatic carbocycles. The van der Waals surface area contributed by atoms with E-state index in [0.29, 0.717) is 5.69 Å². The van der Waals surface area contributed by atoms with Crippen LogP contribution in [0.15, 0.2) is 24.5 Å². The SMILES string of the molecule is Cn1cc(-c2ccc[nH]2)c(C(F)(F)F)n1. The normalized spacial score (nSPS) is 12.0. The second-order valence-corrected chi connectivity index (χ2v) is 3.15. The minimum atomic E-state index is -4.43. The topological polar surface area (TPSA) is 33.6 Å². The molecule has 80 valence electrons. The van der Waals surface area contributed by atoms with Crippen LogP contribution in [0.3, 0.4) is 0 Å². The summed E-state index contributed by atoms with van der Waals surface area (Å²) >= 11 is 0. The van der Waals surface area contributed by atoms with Gasteiger partial charge in [-0.05, 0) is 12.1 Å². The zero-order valence-corrected chi connectivity index (χ0v) is 7.84. The molecule has 15 heavy (non-hydrogen) atoms. The first-order chi connectivity index (χ1) is 6.98. The van der Waals surface area contributed by atoms with Crippen molar-refractivity contribution < 1.29 is 13.2 Å². The molecule has 1 N–H and O–H groups in total. The fourth-order valence-electron chi connectivity index (χ4n) is 1.39. The van der Waals surface area contributed by atoms with Gasteiger partial charge in [0.25, 0.3) is 0 Å². The number of halogens is 3. The van der Waals surface area contributed by atoms with E-state index < -0.39 is 11.9 Å². The summed E-state index contributed by atoms with van der Waals surface area (Å²) in [5.74, 6) is 0. The van der Waals surface area contributed by atoms with Crippen LogP contribution in [-0.2, 0) is 13.2 Å². The Labute approximate surface area is 83.5 Å². The standard InChI is InChI=1S/C9H8F3N3/c1-15-5-6(7-3-2-4-13-7)8(14-15)9(10,11)12/h2-5,13H,1H3. The number of nitrogens with one attached hydrogen (secondary N) is 1. The van der Waals surface area contributed by atoms with Crippen LogP contribution in [0.2, 0.25) is 0 Å². The molecule has 0 aliphatic carbocycles. The van der Waals surface area contributed by atoms with E-state index in [1.54, 1.807) is 18.3 Å². The van der Waals surface area contributed by atoms with E-state index in [2.05, 4.69) is 10.1 Å². The molecule has 2 rings (SSSR count). The van der Waals surface area contributed by atoms with Gasteiger partial charge in [-0.25, -0.2) is 0 Å². The van der Waals surface area contributed by atoms with E-state index in [4.69, 9.17) is 0 Å². The van der Waals surface area contributed by atoms with Gasteiger partial charge in [-0.15, -0.1) is 0 Å². The molecule has 3 nitrogen and oxygen atoms in total. The maximum absolute atomic E-state index is 12.6. The van der Waals surface area contributed by atoms with Gasteiger partial charge < -0.3 is 4.98 Å². The van der Waals surface area contributed by atoms with Crippen molar-refractivity contribution in [3.8, 4) is 11.3 Å². The summed E-state index contributed by atoms with van der Waals surface area (Å²) in [6.45, 7) is 0. The van der Waals surface area contributed by atoms with Crippen LogP contribution >= 0.6 is 0 Å². The van der Waals surface area contributed by atoms with Crippen molar-refractivity contribution >= 4 is 0 Å². The molecule has 0 atom stereocenters. The number of H-pyrrole nitrogens is 1. The maximum Gasteiger partial charge on any atom is 0.435 e. The summed E-state index contributed by atoms with van der Waals surface area (Å²) < 4.78 is 38.8. The van der Waals surface area contributed by atoms with Crippen molar-refractivity contribution in [2.45, 2.75) is 6.18 Å². The molecular formula is C9H8F3N3. The zero-order chi connectivity index (χ0) is 11.1. The number of aryl methyl sites for hydroxylation is 1. The van der Waals surface area contributed by atoms with Crippen molar-refractivity contribution in [1.29, 1.82) is 0 Å². The third kappa shape index (κ3) is 1.74. The van der Waals surface area contributed by atoms with Gasteiger partial charge in [0.05, 0.1) is 0 Å². The number of aromatic amines is 1. The third-order valence-electron chi connectivity index (χ3n) is 1.99. The number of hydrogen-bond acceptors (Lipinski definition) is 1. The summed E-state index contributed by atoms with van der Waals surface area (Å²) in [6, 6.07) is 3.22. The van der Waals surface area contributed by atoms with Crippen molar-refractivity contribution in [3.63, 3.8) is 0 Å². The quantitative estimate of drug-likeness (QED) is 0.778. The average Bonchev–Trinajstić information content (AvgIpc) is 2.68. The largest absolute Gasteiger partial charge is 0.435 e. The molecule has 0 aliphatic heterocycles. The summed E-state index contributed by atoms with van der Waals surface area (Å²) in [7, 11) is 1.46. The Morgan fingerprint density at radius 1 is 1.40 bits per heavy atom. The molecular weight excluding hydrogens is 207 g/mol. The summed E-state index contributed by atoms with van der Waals surface area (Å²) in [5, 5.41) is 3.41. The van der Waals surface area contributed by atoms with Crippen LogP contribution in [0, 0.1) is 0 Å². The van der Waals surface area contributed by atoms with Crippen molar-refractivity contribution in [2.75, 3.05) is 0 Å². The predicted octanol–water partition coefficient (Wildman–Crippen LogP) is 2.43. The number of aromatic nitrogens is 3. The van der Waals surface area contributed by atoms with Crippen molar-refractivity contribution in [3.05, 3.63) is 30.2 Å². The second-order valence-electron chi connectivity index (χ2n) is 3.15. The highest BCUT2D eigenvalue weighted by atomic mass is 19.4. The fraction of sp³-hybridized carbons (Fsp3) is 0.222. The molecule has 2 aromatic heterocycles. The Morgan fingerprint density at radius 3 is 2.67 bits per heavy atom. The van der Waals surface area contributed by atoms with Crippen LogP contribution in [0.4, 0.5) is 13.2 Å². The number of rotatable bonds is 1. The molecule has 0 fully saturated rings. The highest BCUT2D eigenvalue weighted by molar-refractivity contribution is 5.62. The zero-order valence-electron chi connectivity index (χ0n) is 7.84. The fourth-order valence-corrected chi connectivity index (χ4v) is 1.39. The average molecular weight is 215 g/mol. The predicted molar refractivity (Wildman–Crippen MR) is 48.0 cm³/mol. The molecule has 6 heteroatoms. The lowest BCUT2D eigenvalue weighted by atomic mass is 10.2. The lowest BCUT2D eigenvalue weighted by molar-refractivity contribution is -0.141. The number of alkyl halides is 3. The Hall–Kier alpha value is -1.72. The van der Waals surface area contributed by atoms with Gasteiger partial charge in [0.15, 0.2) is 5.69 Å². The summed E-state index contributed by atoms with van der Waals surface area (Å²) in [4.78, 5) is 2.73. The van der Waals surface area contributed by atoms with Gasteiger partial charge >= 0.3 is 6.18 Å². The van der Waals surface area contributed by atoms with Crippen LogP contribution in [0.5, 0.6) is 0 Å². The molecule has 0 saturated heterocycles. The van der Waals surface area contributed by atoms with Crippen LogP contribution in [-0.4, -0.2) is 14.8 Å². The van der Waals surface area contributed by atoms with Crippen LogP contribution < -0.4 is 0 Å². The van der Waals surface area contributed by atoms with E-state index in [9.17, 15) is 13.2 Å². The number of nitrogens with zero attached hydrogens (tertiary/aromatic N) is 2. The minimum absolute atomic E-state index is 0.0648. The van der Waals surface area contributed by atoms with E-state index >= 15 is 0 Å². The molecule has 0 radical (unpaired) electrons. The highest BCUT2D eigenvalue weighted by Gasteiger charge is 2.37. The molecule has 0 saturated carbocycles. The van der Waals surface area contributed by atoms with Gasteiger partial charge in [0, 0.05) is 30.7 Å². The third-order valence-corrected chi connectivity index (χ3v) is 1.99. The molecule has 0 unspecified atom stereocenters. The Morgan fingerprint density at radius 2 is 2.13 bits per heavy atom. The highest BCUT2D eigenvalue weighted by Crippen LogP contribution is 2.34. The van der Waals surface area contributed by atoms with Gasteiger partial charge in [0.2, 0.25) is 0 Å². The van der Waals surface area contributed by atoms with Crippen LogP contribution in [0.1, 0.15) is 5.69 Å². The smallest absolute Gasteiger partial charge is 0.361 e. The first-order valence-electron chi connectivity index (χ1n) is 4.23. The minimum Gasteiger partial charge on any atom is -0.361 e. The first-order valence-corrected chi connectivity index (χ1v) is 4.23. The van der Waals surface area contributed by atoms with E-state index in [1.807, 2.05) is 0 Å². The lowest BCUT2D eigenvalue weighted by Crippen LogP contribution is -2.08. The van der Waals surface area contributed by atoms with E-state index in [-0.39, 0.29) is 5.56 Å². The second kappa shape index (κ2) is 3.15. The Bertz CT molecular complexity index is 453. The van der Waals surface area contributed by atoms with E-state index in [1.165, 1.54) is 13.2 Å². The molecule has 2 heterocycles. The number of hydrogen-bond donors (Lipinski definition) is 1. The van der Waals surface area contributed by atoms with Crippen LogP contribution in [0.25, 0.3) is 11.3 Å². The molecule has 0 aliphatic rings. The van der Waals surface area contributed by atoms with Gasteiger partial charge in [-0.2, -0.15) is 18.3 Å². The van der Waals surface area contributed by atoms with Gasteiger partial charge in [-0.1, -0.05) is 0 Å². The monoisotopic (exact) mass is 215 g/mol. The molecule has 0 spiro atoms. The molecule has 0 amide bonds. The van der Waals surface area contributed by atoms with Gasteiger partial charge in [-0.3, -0.25) is 4.68 Å². The maximum atomic E-state index is 12.6. The van der Waals surface area contributed by atoms with Crippen molar-refractivity contribution in [1.82, 2.24) is 14.8 Å². The Balaban J connectivity index is 2.57. The molecule has 2 aromatic rings. The molecule has 0 bridgehead atoms. The van der Waals surface area contributed by atoms with Crippen molar-refractivity contribution in [2.24, 2.45) is 7.05 Å². The summed E-state index contributed by atoms with van der Waals surface area (Å²) in [6.07, 6.45) is -1.52. The van der Waals surface area contributed by atoms with Gasteiger partial charge in [0.1, 0.15) is 0 Å². The summed E-state index contributed by atoms with van der Waals surface area (Å²) in [5.41, 5.74) is -0.391.